The highest BCUT2D eigenvalue weighted by molar-refractivity contribution is 5.64. The lowest BCUT2D eigenvalue weighted by molar-refractivity contribution is 0.475. The fourth-order valence-electron chi connectivity index (χ4n) is 0.994. The summed E-state index contributed by atoms with van der Waals surface area (Å²) in [6, 6.07) is 6.59. The molecule has 2 N–H and O–H groups in total. The molecule has 0 saturated carbocycles. The van der Waals surface area contributed by atoms with E-state index in [1.54, 1.807) is 19.2 Å². The molecule has 0 aromatic heterocycles. The van der Waals surface area contributed by atoms with Crippen LogP contribution in [-0.2, 0) is 0 Å². The van der Waals surface area contributed by atoms with E-state index >= 15 is 0 Å². The zero-order valence-electron chi connectivity index (χ0n) is 7.33. The molecule has 13 heavy (non-hydrogen) atoms. The number of phenolic OH excluding ortho intramolecular Hbond substituents is 1. The molecule has 3 heteroatoms. The number of hydrogen-bond acceptors (Lipinski definition) is 3. The predicted octanol–water partition coefficient (Wildman–Crippen LogP) is 1.45. The fraction of sp³-hybridized carbons (Fsp3) is 0.100. The van der Waals surface area contributed by atoms with Gasteiger partial charge in [-0.2, -0.15) is 5.26 Å². The van der Waals surface area contributed by atoms with Crippen molar-refractivity contribution in [2.24, 2.45) is 0 Å². The van der Waals surface area contributed by atoms with Crippen molar-refractivity contribution in [3.63, 3.8) is 0 Å². The zero-order valence-corrected chi connectivity index (χ0v) is 7.33. The second-order valence-corrected chi connectivity index (χ2v) is 2.61. The van der Waals surface area contributed by atoms with E-state index in [0.717, 1.165) is 5.56 Å². The van der Waals surface area contributed by atoms with Gasteiger partial charge in [-0.15, -0.1) is 0 Å². The Balaban J connectivity index is 3.17. The second-order valence-electron chi connectivity index (χ2n) is 2.61. The molecule has 1 aromatic carbocycles. The molecule has 0 aliphatic heterocycles. The molecule has 0 amide bonds. The molecule has 0 atom stereocenters. The van der Waals surface area contributed by atoms with Crippen LogP contribution in [0.3, 0.4) is 0 Å². The van der Waals surface area contributed by atoms with Gasteiger partial charge in [0.25, 0.3) is 0 Å². The Kier molecular flexibility index (Phi) is 2.56. The average molecular weight is 174 g/mol. The van der Waals surface area contributed by atoms with Crippen molar-refractivity contribution in [1.29, 1.82) is 5.26 Å². The van der Waals surface area contributed by atoms with E-state index in [4.69, 9.17) is 5.26 Å². The van der Waals surface area contributed by atoms with Gasteiger partial charge < -0.3 is 10.4 Å². The van der Waals surface area contributed by atoms with Crippen molar-refractivity contribution in [3.8, 4) is 11.8 Å². The van der Waals surface area contributed by atoms with Crippen LogP contribution in [0.4, 0.5) is 0 Å². The van der Waals surface area contributed by atoms with Gasteiger partial charge in [-0.05, 0) is 18.2 Å². The first-order valence-corrected chi connectivity index (χ1v) is 3.78. The van der Waals surface area contributed by atoms with Crippen LogP contribution in [0.15, 0.2) is 24.8 Å². The first kappa shape index (κ1) is 9.14. The van der Waals surface area contributed by atoms with E-state index < -0.39 is 0 Å². The summed E-state index contributed by atoms with van der Waals surface area (Å²) in [7, 11) is 1.73. The van der Waals surface area contributed by atoms with Gasteiger partial charge in [0.05, 0.1) is 11.6 Å². The Morgan fingerprint density at radius 2 is 2.23 bits per heavy atom. The summed E-state index contributed by atoms with van der Waals surface area (Å²) in [5, 5.41) is 20.7. The lowest BCUT2D eigenvalue weighted by Gasteiger charge is -2.05. The second kappa shape index (κ2) is 3.63. The van der Waals surface area contributed by atoms with Gasteiger partial charge in [-0.25, -0.2) is 0 Å². The third kappa shape index (κ3) is 2.00. The van der Waals surface area contributed by atoms with E-state index in [0.29, 0.717) is 11.3 Å². The number of benzene rings is 1. The summed E-state index contributed by atoms with van der Waals surface area (Å²) in [5.74, 6) is 0.0745. The van der Waals surface area contributed by atoms with Gasteiger partial charge in [0, 0.05) is 18.3 Å². The molecule has 0 aliphatic carbocycles. The van der Waals surface area contributed by atoms with Crippen LogP contribution in [0.1, 0.15) is 11.1 Å². The summed E-state index contributed by atoms with van der Waals surface area (Å²) in [6.45, 7) is 3.73. The normalized spacial score (nSPS) is 8.92. The lowest BCUT2D eigenvalue weighted by atomic mass is 10.1. The van der Waals surface area contributed by atoms with Crippen LogP contribution in [0.5, 0.6) is 5.75 Å². The minimum absolute atomic E-state index is 0.0745. The van der Waals surface area contributed by atoms with Crippen LogP contribution >= 0.6 is 0 Å². The number of nitrogens with zero attached hydrogens (tertiary/aromatic N) is 1. The molecule has 1 aromatic rings. The molecule has 66 valence electrons. The molecule has 0 radical (unpaired) electrons. The number of hydrogen-bond donors (Lipinski definition) is 2. The summed E-state index contributed by atoms with van der Waals surface area (Å²) in [5.41, 5.74) is 1.82. The molecule has 0 bridgehead atoms. The number of nitrogens with one attached hydrogen (secondary N) is 1. The fourth-order valence-corrected chi connectivity index (χ4v) is 0.994. The third-order valence-electron chi connectivity index (χ3n) is 1.70. The molecule has 0 aliphatic rings. The summed E-state index contributed by atoms with van der Waals surface area (Å²) < 4.78 is 0. The minimum atomic E-state index is 0.0745. The highest BCUT2D eigenvalue weighted by Gasteiger charge is 2.01. The van der Waals surface area contributed by atoms with Gasteiger partial charge in [-0.3, -0.25) is 0 Å². The van der Waals surface area contributed by atoms with Crippen molar-refractivity contribution in [1.82, 2.24) is 5.32 Å². The minimum Gasteiger partial charge on any atom is -0.508 e. The van der Waals surface area contributed by atoms with Crippen molar-refractivity contribution < 1.29 is 5.11 Å². The molecular weight excluding hydrogens is 164 g/mol. The highest BCUT2D eigenvalue weighted by Crippen LogP contribution is 2.18. The summed E-state index contributed by atoms with van der Waals surface area (Å²) in [6.07, 6.45) is 0. The molecule has 0 fully saturated rings. The maximum absolute atomic E-state index is 9.25. The quantitative estimate of drug-likeness (QED) is 0.713. The Labute approximate surface area is 76.9 Å². The SMILES string of the molecule is C=C(NC)c1cc(O)cc(C#N)c1. The Bertz CT molecular complexity index is 377. The van der Waals surface area contributed by atoms with Crippen molar-refractivity contribution in [2.75, 3.05) is 7.05 Å². The molecule has 3 nitrogen and oxygen atoms in total. The predicted molar refractivity (Wildman–Crippen MR) is 50.9 cm³/mol. The Morgan fingerprint density at radius 1 is 1.54 bits per heavy atom. The van der Waals surface area contributed by atoms with Crippen LogP contribution in [0, 0.1) is 11.3 Å². The van der Waals surface area contributed by atoms with Crippen LogP contribution < -0.4 is 5.32 Å². The molecular formula is C10H10N2O. The van der Waals surface area contributed by atoms with Crippen LogP contribution in [0.25, 0.3) is 5.70 Å². The lowest BCUT2D eigenvalue weighted by Crippen LogP contribution is -2.02. The van der Waals surface area contributed by atoms with E-state index in [-0.39, 0.29) is 5.75 Å². The van der Waals surface area contributed by atoms with Gasteiger partial charge in [0.1, 0.15) is 5.75 Å². The molecule has 0 spiro atoms. The topological polar surface area (TPSA) is 56.0 Å². The average Bonchev–Trinajstić information content (AvgIpc) is 2.15. The van der Waals surface area contributed by atoms with E-state index in [9.17, 15) is 5.11 Å². The molecule has 1 rings (SSSR count). The molecule has 0 unspecified atom stereocenters. The van der Waals surface area contributed by atoms with Crippen molar-refractivity contribution >= 4 is 5.70 Å². The van der Waals surface area contributed by atoms with E-state index in [2.05, 4.69) is 11.9 Å². The van der Waals surface area contributed by atoms with Crippen LogP contribution in [0.2, 0.25) is 0 Å². The number of aromatic hydroxyl groups is 1. The van der Waals surface area contributed by atoms with Gasteiger partial charge in [0.15, 0.2) is 0 Å². The monoisotopic (exact) mass is 174 g/mol. The van der Waals surface area contributed by atoms with E-state index in [1.165, 1.54) is 6.07 Å². The summed E-state index contributed by atoms with van der Waals surface area (Å²) >= 11 is 0. The largest absolute Gasteiger partial charge is 0.508 e. The van der Waals surface area contributed by atoms with Gasteiger partial charge in [-0.1, -0.05) is 6.58 Å². The van der Waals surface area contributed by atoms with Gasteiger partial charge in [0.2, 0.25) is 0 Å². The number of rotatable bonds is 2. The van der Waals surface area contributed by atoms with Crippen LogP contribution in [-0.4, -0.2) is 12.2 Å². The Hall–Kier alpha value is -1.95. The third-order valence-corrected chi connectivity index (χ3v) is 1.70. The molecule has 0 heterocycles. The van der Waals surface area contributed by atoms with Crippen molar-refractivity contribution in [3.05, 3.63) is 35.9 Å². The van der Waals surface area contributed by atoms with E-state index in [1.807, 2.05) is 6.07 Å². The van der Waals surface area contributed by atoms with Crippen molar-refractivity contribution in [2.45, 2.75) is 0 Å². The highest BCUT2D eigenvalue weighted by atomic mass is 16.3. The summed E-state index contributed by atoms with van der Waals surface area (Å²) in [4.78, 5) is 0. The first-order valence-electron chi connectivity index (χ1n) is 3.78. The zero-order chi connectivity index (χ0) is 9.84. The standard InChI is InChI=1S/C10H10N2O/c1-7(12-2)9-3-8(6-11)4-10(13)5-9/h3-5,12-13H,1H2,2H3. The number of phenols is 1. The number of nitriles is 1. The smallest absolute Gasteiger partial charge is 0.117 e. The molecule has 0 saturated heterocycles. The maximum Gasteiger partial charge on any atom is 0.117 e. The maximum atomic E-state index is 9.25. The first-order chi connectivity index (χ1) is 6.17. The Morgan fingerprint density at radius 3 is 2.77 bits per heavy atom. The van der Waals surface area contributed by atoms with Gasteiger partial charge >= 0.3 is 0 Å².